The Morgan fingerprint density at radius 3 is 2.79 bits per heavy atom. The lowest BCUT2D eigenvalue weighted by Crippen LogP contribution is -2.19. The molecular weight excluding hydrogens is 180 g/mol. The van der Waals surface area contributed by atoms with Crippen molar-refractivity contribution in [3.8, 4) is 5.75 Å². The van der Waals surface area contributed by atoms with Crippen LogP contribution in [0.3, 0.4) is 0 Å². The van der Waals surface area contributed by atoms with E-state index in [0.29, 0.717) is 12.3 Å². The second-order valence-electron chi connectivity index (χ2n) is 2.90. The molecule has 0 saturated carbocycles. The van der Waals surface area contributed by atoms with Crippen molar-refractivity contribution in [3.63, 3.8) is 0 Å². The Kier molecular flexibility index (Phi) is 3.34. The summed E-state index contributed by atoms with van der Waals surface area (Å²) in [5, 5.41) is 2.50. The van der Waals surface area contributed by atoms with Gasteiger partial charge < -0.3 is 15.8 Å². The fourth-order valence-electron chi connectivity index (χ4n) is 1.19. The predicted octanol–water partition coefficient (Wildman–Crippen LogP) is 1.88. The second kappa shape index (κ2) is 4.50. The first-order chi connectivity index (χ1) is 6.63. The third kappa shape index (κ3) is 2.65. The maximum absolute atomic E-state index is 10.6. The molecule has 0 bridgehead atoms. The average Bonchev–Trinajstić information content (AvgIpc) is 2.09. The van der Waals surface area contributed by atoms with Gasteiger partial charge in [0, 0.05) is 5.69 Å². The van der Waals surface area contributed by atoms with Crippen LogP contribution in [0.2, 0.25) is 0 Å². The smallest absolute Gasteiger partial charge is 0.316 e. The number of urea groups is 1. The predicted molar refractivity (Wildman–Crippen MR) is 55.6 cm³/mol. The van der Waals surface area contributed by atoms with Crippen LogP contribution in [0.5, 0.6) is 5.75 Å². The van der Waals surface area contributed by atoms with Gasteiger partial charge >= 0.3 is 6.03 Å². The Balaban J connectivity index is 2.83. The Morgan fingerprint density at radius 1 is 1.57 bits per heavy atom. The Labute approximate surface area is 83.1 Å². The standard InChI is InChI=1S/C10H14N2O2/c1-3-14-9-5-4-8(6-7(9)2)12-10(11)13/h4-6H,3H2,1-2H3,(H3,11,12,13). The van der Waals surface area contributed by atoms with Gasteiger partial charge in [-0.2, -0.15) is 0 Å². The van der Waals surface area contributed by atoms with E-state index >= 15 is 0 Å². The molecule has 0 aliphatic carbocycles. The van der Waals surface area contributed by atoms with Crippen LogP contribution in [-0.2, 0) is 0 Å². The Bertz CT molecular complexity index is 337. The molecule has 4 nitrogen and oxygen atoms in total. The molecule has 14 heavy (non-hydrogen) atoms. The van der Waals surface area contributed by atoms with Crippen molar-refractivity contribution in [2.45, 2.75) is 13.8 Å². The molecule has 1 rings (SSSR count). The number of nitrogens with two attached hydrogens (primary N) is 1. The molecule has 0 saturated heterocycles. The number of rotatable bonds is 3. The number of nitrogens with one attached hydrogen (secondary N) is 1. The van der Waals surface area contributed by atoms with Gasteiger partial charge in [-0.3, -0.25) is 0 Å². The minimum absolute atomic E-state index is 0.562. The van der Waals surface area contributed by atoms with E-state index in [4.69, 9.17) is 10.5 Å². The molecule has 0 fully saturated rings. The van der Waals surface area contributed by atoms with Crippen LogP contribution >= 0.6 is 0 Å². The van der Waals surface area contributed by atoms with E-state index < -0.39 is 6.03 Å². The quantitative estimate of drug-likeness (QED) is 0.771. The number of amides is 2. The van der Waals surface area contributed by atoms with Crippen molar-refractivity contribution >= 4 is 11.7 Å². The van der Waals surface area contributed by atoms with Crippen LogP contribution in [0.15, 0.2) is 18.2 Å². The minimum atomic E-state index is -0.562. The first-order valence-electron chi connectivity index (χ1n) is 4.43. The SMILES string of the molecule is CCOc1ccc(NC(N)=O)cc1C. The largest absolute Gasteiger partial charge is 0.494 e. The molecule has 76 valence electrons. The summed E-state index contributed by atoms with van der Waals surface area (Å²) >= 11 is 0. The summed E-state index contributed by atoms with van der Waals surface area (Å²) in [6.45, 7) is 4.47. The molecule has 0 atom stereocenters. The van der Waals surface area contributed by atoms with Crippen molar-refractivity contribution < 1.29 is 9.53 Å². The minimum Gasteiger partial charge on any atom is -0.494 e. The highest BCUT2D eigenvalue weighted by Crippen LogP contribution is 2.21. The van der Waals surface area contributed by atoms with Gasteiger partial charge in [-0.25, -0.2) is 4.79 Å². The molecule has 1 aromatic carbocycles. The van der Waals surface area contributed by atoms with Gasteiger partial charge in [-0.15, -0.1) is 0 Å². The number of aryl methyl sites for hydroxylation is 1. The van der Waals surface area contributed by atoms with Crippen molar-refractivity contribution in [1.82, 2.24) is 0 Å². The zero-order chi connectivity index (χ0) is 10.6. The molecule has 0 aromatic heterocycles. The number of primary amides is 1. The number of hydrogen-bond donors (Lipinski definition) is 2. The molecule has 0 unspecified atom stereocenters. The molecular formula is C10H14N2O2. The lowest BCUT2D eigenvalue weighted by molar-refractivity contribution is 0.259. The highest BCUT2D eigenvalue weighted by Gasteiger charge is 2.01. The van der Waals surface area contributed by atoms with E-state index in [-0.39, 0.29) is 0 Å². The number of carbonyl (C=O) groups excluding carboxylic acids is 1. The maximum atomic E-state index is 10.6. The van der Waals surface area contributed by atoms with Crippen molar-refractivity contribution in [1.29, 1.82) is 0 Å². The Hall–Kier alpha value is -1.71. The summed E-state index contributed by atoms with van der Waals surface area (Å²) in [7, 11) is 0. The number of benzene rings is 1. The van der Waals surface area contributed by atoms with Crippen LogP contribution < -0.4 is 15.8 Å². The third-order valence-corrected chi connectivity index (χ3v) is 1.74. The molecule has 0 spiro atoms. The van der Waals surface area contributed by atoms with Crippen LogP contribution in [0.4, 0.5) is 10.5 Å². The first kappa shape index (κ1) is 10.4. The highest BCUT2D eigenvalue weighted by atomic mass is 16.5. The maximum Gasteiger partial charge on any atom is 0.316 e. The van der Waals surface area contributed by atoms with Gasteiger partial charge in [-0.05, 0) is 37.6 Å². The normalized spacial score (nSPS) is 9.57. The summed E-state index contributed by atoms with van der Waals surface area (Å²) in [6.07, 6.45) is 0. The summed E-state index contributed by atoms with van der Waals surface area (Å²) in [6, 6.07) is 4.82. The second-order valence-corrected chi connectivity index (χ2v) is 2.90. The summed E-state index contributed by atoms with van der Waals surface area (Å²) in [4.78, 5) is 10.6. The van der Waals surface area contributed by atoms with Gasteiger partial charge in [0.1, 0.15) is 5.75 Å². The lowest BCUT2D eigenvalue weighted by atomic mass is 10.2. The van der Waals surface area contributed by atoms with Gasteiger partial charge in [0.15, 0.2) is 0 Å². The highest BCUT2D eigenvalue weighted by molar-refractivity contribution is 5.87. The average molecular weight is 194 g/mol. The third-order valence-electron chi connectivity index (χ3n) is 1.74. The number of carbonyl (C=O) groups is 1. The lowest BCUT2D eigenvalue weighted by Gasteiger charge is -2.08. The molecule has 2 amide bonds. The van der Waals surface area contributed by atoms with Crippen LogP contribution in [0, 0.1) is 6.92 Å². The number of hydrogen-bond acceptors (Lipinski definition) is 2. The summed E-state index contributed by atoms with van der Waals surface area (Å²) in [5.74, 6) is 0.822. The fraction of sp³-hybridized carbons (Fsp3) is 0.300. The van der Waals surface area contributed by atoms with E-state index in [0.717, 1.165) is 11.3 Å². The van der Waals surface area contributed by atoms with Gasteiger partial charge in [-0.1, -0.05) is 0 Å². The van der Waals surface area contributed by atoms with E-state index in [2.05, 4.69) is 5.32 Å². The fourth-order valence-corrected chi connectivity index (χ4v) is 1.19. The number of ether oxygens (including phenoxy) is 1. The van der Waals surface area contributed by atoms with Crippen LogP contribution in [0.25, 0.3) is 0 Å². The molecule has 1 aromatic rings. The molecule has 3 N–H and O–H groups in total. The van der Waals surface area contributed by atoms with E-state index in [1.807, 2.05) is 26.0 Å². The van der Waals surface area contributed by atoms with E-state index in [1.54, 1.807) is 6.07 Å². The van der Waals surface area contributed by atoms with Crippen LogP contribution in [0.1, 0.15) is 12.5 Å². The van der Waals surface area contributed by atoms with Gasteiger partial charge in [0.2, 0.25) is 0 Å². The molecule has 0 aliphatic heterocycles. The van der Waals surface area contributed by atoms with Crippen molar-refractivity contribution in [3.05, 3.63) is 23.8 Å². The zero-order valence-electron chi connectivity index (χ0n) is 8.33. The van der Waals surface area contributed by atoms with Crippen LogP contribution in [-0.4, -0.2) is 12.6 Å². The van der Waals surface area contributed by atoms with E-state index in [9.17, 15) is 4.79 Å². The van der Waals surface area contributed by atoms with Crippen molar-refractivity contribution in [2.75, 3.05) is 11.9 Å². The summed E-state index contributed by atoms with van der Waals surface area (Å²) in [5.41, 5.74) is 6.64. The molecule has 4 heteroatoms. The van der Waals surface area contributed by atoms with E-state index in [1.165, 1.54) is 0 Å². The van der Waals surface area contributed by atoms with Crippen molar-refractivity contribution in [2.24, 2.45) is 5.73 Å². The Morgan fingerprint density at radius 2 is 2.29 bits per heavy atom. The summed E-state index contributed by atoms with van der Waals surface area (Å²) < 4.78 is 5.35. The van der Waals surface area contributed by atoms with Gasteiger partial charge in [0.05, 0.1) is 6.61 Å². The molecule has 0 aliphatic rings. The van der Waals surface area contributed by atoms with Gasteiger partial charge in [0.25, 0.3) is 0 Å². The topological polar surface area (TPSA) is 64.3 Å². The first-order valence-corrected chi connectivity index (χ1v) is 4.43. The molecule has 0 radical (unpaired) electrons. The molecule has 0 heterocycles. The monoisotopic (exact) mass is 194 g/mol. The number of anilines is 1. The zero-order valence-corrected chi connectivity index (χ0v) is 8.33.